The van der Waals surface area contributed by atoms with Crippen LogP contribution in [-0.2, 0) is 11.3 Å². The van der Waals surface area contributed by atoms with Gasteiger partial charge in [-0.1, -0.05) is 23.7 Å². The molecule has 0 aliphatic heterocycles. The van der Waals surface area contributed by atoms with Gasteiger partial charge in [-0.3, -0.25) is 9.59 Å². The number of thiophene rings is 1. The van der Waals surface area contributed by atoms with Gasteiger partial charge in [-0.15, -0.1) is 17.9 Å². The molecule has 1 aromatic carbocycles. The smallest absolute Gasteiger partial charge is 0.251 e. The molecule has 25 heavy (non-hydrogen) atoms. The Labute approximate surface area is 157 Å². The van der Waals surface area contributed by atoms with Gasteiger partial charge in [0, 0.05) is 35.0 Å². The average Bonchev–Trinajstić information content (AvgIpc) is 3.11. The summed E-state index contributed by atoms with van der Waals surface area (Å²) < 4.78 is 0. The molecule has 0 spiro atoms. The van der Waals surface area contributed by atoms with E-state index in [-0.39, 0.29) is 11.8 Å². The highest BCUT2D eigenvalue weighted by Crippen LogP contribution is 2.13. The van der Waals surface area contributed by atoms with E-state index in [1.165, 1.54) is 0 Å². The predicted molar refractivity (Wildman–Crippen MR) is 103 cm³/mol. The number of amides is 2. The number of carbonyl (C=O) groups is 2. The first-order valence-corrected chi connectivity index (χ1v) is 9.30. The number of rotatable bonds is 9. The summed E-state index contributed by atoms with van der Waals surface area (Å²) in [4.78, 5) is 27.3. The molecule has 2 amide bonds. The number of carbonyl (C=O) groups excluding carboxylic acids is 2. The number of nitrogens with one attached hydrogen (secondary N) is 1. The Balaban J connectivity index is 1.75. The highest BCUT2D eigenvalue weighted by atomic mass is 35.5. The third kappa shape index (κ3) is 6.36. The van der Waals surface area contributed by atoms with Crippen LogP contribution in [-0.4, -0.2) is 29.8 Å². The molecule has 0 saturated heterocycles. The largest absolute Gasteiger partial charge is 0.352 e. The summed E-state index contributed by atoms with van der Waals surface area (Å²) in [5.74, 6) is -0.0975. The zero-order chi connectivity index (χ0) is 18.1. The monoisotopic (exact) mass is 376 g/mol. The van der Waals surface area contributed by atoms with Crippen molar-refractivity contribution in [1.82, 2.24) is 10.2 Å². The molecule has 2 aromatic rings. The molecule has 0 bridgehead atoms. The Bertz CT molecular complexity index is 699. The second-order valence-electron chi connectivity index (χ2n) is 5.51. The van der Waals surface area contributed by atoms with E-state index >= 15 is 0 Å². The molecule has 132 valence electrons. The molecule has 0 radical (unpaired) electrons. The van der Waals surface area contributed by atoms with Crippen LogP contribution in [0.3, 0.4) is 0 Å². The van der Waals surface area contributed by atoms with Crippen molar-refractivity contribution < 1.29 is 9.59 Å². The van der Waals surface area contributed by atoms with Crippen molar-refractivity contribution in [3.63, 3.8) is 0 Å². The number of hydrogen-bond acceptors (Lipinski definition) is 3. The molecule has 1 aromatic heterocycles. The van der Waals surface area contributed by atoms with E-state index in [1.54, 1.807) is 46.6 Å². The first-order chi connectivity index (χ1) is 12.1. The van der Waals surface area contributed by atoms with Crippen LogP contribution in [0.2, 0.25) is 5.02 Å². The van der Waals surface area contributed by atoms with E-state index in [1.807, 2.05) is 17.5 Å². The van der Waals surface area contributed by atoms with Crippen LogP contribution in [0.25, 0.3) is 0 Å². The average molecular weight is 377 g/mol. The fraction of sp³-hybridized carbons (Fsp3) is 0.263. The third-order valence-corrected chi connectivity index (χ3v) is 4.70. The van der Waals surface area contributed by atoms with Crippen molar-refractivity contribution in [2.45, 2.75) is 19.4 Å². The minimum absolute atomic E-state index is 0.0639. The van der Waals surface area contributed by atoms with Crippen LogP contribution in [0, 0.1) is 0 Å². The van der Waals surface area contributed by atoms with Crippen molar-refractivity contribution >= 4 is 34.8 Å². The third-order valence-electron chi connectivity index (χ3n) is 3.59. The highest BCUT2D eigenvalue weighted by Gasteiger charge is 2.13. The topological polar surface area (TPSA) is 49.4 Å². The van der Waals surface area contributed by atoms with Gasteiger partial charge in [0.1, 0.15) is 0 Å². The fourth-order valence-electron chi connectivity index (χ4n) is 2.30. The Morgan fingerprint density at radius 3 is 2.64 bits per heavy atom. The summed E-state index contributed by atoms with van der Waals surface area (Å²) in [6.45, 7) is 5.29. The summed E-state index contributed by atoms with van der Waals surface area (Å²) in [6.07, 6.45) is 2.71. The Kier molecular flexibility index (Phi) is 7.70. The van der Waals surface area contributed by atoms with Gasteiger partial charge in [-0.2, -0.15) is 0 Å². The lowest BCUT2D eigenvalue weighted by Crippen LogP contribution is -2.31. The Morgan fingerprint density at radius 1 is 1.24 bits per heavy atom. The zero-order valence-electron chi connectivity index (χ0n) is 13.9. The van der Waals surface area contributed by atoms with E-state index in [0.717, 1.165) is 4.88 Å². The van der Waals surface area contributed by atoms with E-state index in [9.17, 15) is 9.59 Å². The molecule has 0 fully saturated rings. The van der Waals surface area contributed by atoms with Gasteiger partial charge >= 0.3 is 0 Å². The van der Waals surface area contributed by atoms with Gasteiger partial charge in [-0.05, 0) is 42.1 Å². The molecule has 6 heteroatoms. The molecule has 0 saturated carbocycles. The van der Waals surface area contributed by atoms with Gasteiger partial charge in [0.2, 0.25) is 5.91 Å². The number of hydrogen-bond donors (Lipinski definition) is 1. The Morgan fingerprint density at radius 2 is 2.00 bits per heavy atom. The van der Waals surface area contributed by atoms with Gasteiger partial charge in [0.15, 0.2) is 0 Å². The van der Waals surface area contributed by atoms with Crippen LogP contribution >= 0.6 is 22.9 Å². The molecule has 0 aliphatic rings. The van der Waals surface area contributed by atoms with Gasteiger partial charge in [-0.25, -0.2) is 0 Å². The van der Waals surface area contributed by atoms with Crippen molar-refractivity contribution in [3.05, 3.63) is 69.9 Å². The van der Waals surface area contributed by atoms with Crippen molar-refractivity contribution in [2.24, 2.45) is 0 Å². The number of halogens is 1. The molecule has 1 N–H and O–H groups in total. The standard InChI is InChI=1S/C19H21ClN2O2S/c1-2-12-22(14-17-5-4-13-25-17)18(23)6-3-11-21-19(24)15-7-9-16(20)10-8-15/h2,4-5,7-10,13H,1,3,6,11-12,14H2,(H,21,24). The second kappa shape index (κ2) is 10.0. The molecule has 0 aliphatic carbocycles. The summed E-state index contributed by atoms with van der Waals surface area (Å²) in [5.41, 5.74) is 0.557. The van der Waals surface area contributed by atoms with Gasteiger partial charge in [0.25, 0.3) is 5.91 Å². The van der Waals surface area contributed by atoms with Crippen molar-refractivity contribution in [1.29, 1.82) is 0 Å². The normalized spacial score (nSPS) is 10.3. The minimum atomic E-state index is -0.161. The van der Waals surface area contributed by atoms with Crippen molar-refractivity contribution in [3.8, 4) is 0 Å². The SMILES string of the molecule is C=CCN(Cc1cccs1)C(=O)CCCNC(=O)c1ccc(Cl)cc1. The lowest BCUT2D eigenvalue weighted by Gasteiger charge is -2.20. The Hall–Kier alpha value is -2.11. The minimum Gasteiger partial charge on any atom is -0.352 e. The molecule has 1 heterocycles. The zero-order valence-corrected chi connectivity index (χ0v) is 15.5. The van der Waals surface area contributed by atoms with Gasteiger partial charge < -0.3 is 10.2 Å². The maximum Gasteiger partial charge on any atom is 0.251 e. The number of nitrogens with zero attached hydrogens (tertiary/aromatic N) is 1. The molecule has 4 nitrogen and oxygen atoms in total. The summed E-state index contributed by atoms with van der Waals surface area (Å²) in [5, 5.41) is 5.41. The van der Waals surface area contributed by atoms with Crippen LogP contribution in [0.15, 0.2) is 54.4 Å². The van der Waals surface area contributed by atoms with Crippen molar-refractivity contribution in [2.75, 3.05) is 13.1 Å². The maximum absolute atomic E-state index is 12.4. The first-order valence-electron chi connectivity index (χ1n) is 8.05. The predicted octanol–water partition coefficient (Wildman–Crippen LogP) is 4.13. The van der Waals surface area contributed by atoms with E-state index in [4.69, 9.17) is 11.6 Å². The van der Waals surface area contributed by atoms with E-state index in [2.05, 4.69) is 11.9 Å². The van der Waals surface area contributed by atoms with Crippen LogP contribution in [0.1, 0.15) is 28.1 Å². The molecular formula is C19H21ClN2O2S. The second-order valence-corrected chi connectivity index (χ2v) is 6.98. The highest BCUT2D eigenvalue weighted by molar-refractivity contribution is 7.09. The summed E-state index contributed by atoms with van der Waals surface area (Å²) >= 11 is 7.43. The molecule has 0 unspecified atom stereocenters. The van der Waals surface area contributed by atoms with E-state index in [0.29, 0.717) is 43.1 Å². The lowest BCUT2D eigenvalue weighted by molar-refractivity contribution is -0.131. The van der Waals surface area contributed by atoms with E-state index < -0.39 is 0 Å². The van der Waals surface area contributed by atoms with Gasteiger partial charge in [0.05, 0.1) is 6.54 Å². The van der Waals surface area contributed by atoms with Crippen LogP contribution in [0.5, 0.6) is 0 Å². The molecule has 2 rings (SSSR count). The maximum atomic E-state index is 12.4. The van der Waals surface area contributed by atoms with Crippen LogP contribution in [0.4, 0.5) is 0 Å². The quantitative estimate of drug-likeness (QED) is 0.528. The lowest BCUT2D eigenvalue weighted by atomic mass is 10.2. The molecular weight excluding hydrogens is 356 g/mol. The van der Waals surface area contributed by atoms with Crippen LogP contribution < -0.4 is 5.32 Å². The number of benzene rings is 1. The summed E-state index contributed by atoms with van der Waals surface area (Å²) in [6, 6.07) is 10.7. The summed E-state index contributed by atoms with van der Waals surface area (Å²) in [7, 11) is 0. The molecule has 0 atom stereocenters. The first kappa shape index (κ1) is 19.2. The fourth-order valence-corrected chi connectivity index (χ4v) is 3.15.